The number of hydrogen-bond acceptors (Lipinski definition) is 5. The Morgan fingerprint density at radius 3 is 2.87 bits per heavy atom. The van der Waals surface area contributed by atoms with E-state index in [9.17, 15) is 14.4 Å². The highest BCUT2D eigenvalue weighted by Gasteiger charge is 2.39. The van der Waals surface area contributed by atoms with Gasteiger partial charge in [0.15, 0.2) is 0 Å². The van der Waals surface area contributed by atoms with E-state index < -0.39 is 6.04 Å². The van der Waals surface area contributed by atoms with E-state index in [-0.39, 0.29) is 24.1 Å². The fourth-order valence-electron chi connectivity index (χ4n) is 5.64. The number of imide groups is 1. The average Bonchev–Trinajstić information content (AvgIpc) is 3.08. The Bertz CT molecular complexity index is 870. The number of carbonyl (C=O) groups excluding carboxylic acids is 3. The van der Waals surface area contributed by atoms with E-state index in [0.717, 1.165) is 30.1 Å². The van der Waals surface area contributed by atoms with Gasteiger partial charge in [-0.1, -0.05) is 12.1 Å². The monoisotopic (exact) mass is 410 g/mol. The van der Waals surface area contributed by atoms with E-state index in [1.807, 2.05) is 12.1 Å². The van der Waals surface area contributed by atoms with Gasteiger partial charge in [0.25, 0.3) is 5.91 Å². The highest BCUT2D eigenvalue weighted by molar-refractivity contribution is 6.05. The van der Waals surface area contributed by atoms with Crippen LogP contribution in [-0.4, -0.2) is 47.3 Å². The first-order valence-electron chi connectivity index (χ1n) is 11.3. The van der Waals surface area contributed by atoms with Crippen LogP contribution in [0.2, 0.25) is 0 Å². The van der Waals surface area contributed by atoms with Gasteiger partial charge in [-0.3, -0.25) is 19.7 Å². The maximum absolute atomic E-state index is 13.0. The van der Waals surface area contributed by atoms with Gasteiger partial charge in [-0.25, -0.2) is 0 Å². The Balaban J connectivity index is 1.21. The van der Waals surface area contributed by atoms with Crippen molar-refractivity contribution in [2.75, 3.05) is 6.54 Å². The molecule has 7 nitrogen and oxygen atoms in total. The lowest BCUT2D eigenvalue weighted by molar-refractivity contribution is -0.136. The number of nitrogens with zero attached hydrogens (tertiary/aromatic N) is 1. The van der Waals surface area contributed by atoms with Crippen molar-refractivity contribution in [1.82, 2.24) is 20.9 Å². The molecule has 0 spiro atoms. The van der Waals surface area contributed by atoms with Crippen LogP contribution in [0.4, 0.5) is 0 Å². The molecule has 4 atom stereocenters. The number of carbonyl (C=O) groups is 3. The molecule has 7 heteroatoms. The van der Waals surface area contributed by atoms with Crippen LogP contribution in [0.25, 0.3) is 0 Å². The Hall–Kier alpha value is -2.25. The van der Waals surface area contributed by atoms with Crippen molar-refractivity contribution in [2.24, 2.45) is 5.92 Å². The normalized spacial score (nSPS) is 31.3. The topological polar surface area (TPSA) is 90.5 Å². The minimum absolute atomic E-state index is 0.103. The summed E-state index contributed by atoms with van der Waals surface area (Å²) in [4.78, 5) is 38.2. The predicted molar refractivity (Wildman–Crippen MR) is 111 cm³/mol. The van der Waals surface area contributed by atoms with Crippen molar-refractivity contribution in [3.63, 3.8) is 0 Å². The number of amides is 3. The molecule has 3 heterocycles. The van der Waals surface area contributed by atoms with Gasteiger partial charge in [0.05, 0.1) is 0 Å². The molecule has 0 aromatic heterocycles. The predicted octanol–water partition coefficient (Wildman–Crippen LogP) is 1.46. The zero-order chi connectivity index (χ0) is 20.7. The first-order chi connectivity index (χ1) is 14.6. The second kappa shape index (κ2) is 8.12. The van der Waals surface area contributed by atoms with Crippen molar-refractivity contribution in [2.45, 2.75) is 76.2 Å². The van der Waals surface area contributed by atoms with Crippen molar-refractivity contribution in [3.05, 3.63) is 34.9 Å². The van der Waals surface area contributed by atoms with E-state index in [1.54, 1.807) is 4.90 Å². The number of rotatable bonds is 4. The second-order valence-electron chi connectivity index (χ2n) is 9.25. The molecular weight excluding hydrogens is 380 g/mol. The fraction of sp³-hybridized carbons (Fsp3) is 0.609. The smallest absolute Gasteiger partial charge is 0.255 e. The Morgan fingerprint density at radius 1 is 1.10 bits per heavy atom. The summed E-state index contributed by atoms with van der Waals surface area (Å²) in [5, 5.41) is 9.74. The van der Waals surface area contributed by atoms with Crippen molar-refractivity contribution in [3.8, 4) is 0 Å². The van der Waals surface area contributed by atoms with Gasteiger partial charge in [-0.15, -0.1) is 0 Å². The van der Waals surface area contributed by atoms with Crippen LogP contribution >= 0.6 is 0 Å². The molecule has 1 aliphatic carbocycles. The first-order valence-corrected chi connectivity index (χ1v) is 11.3. The summed E-state index contributed by atoms with van der Waals surface area (Å²) in [6.45, 7) is 2.33. The third-order valence-electron chi connectivity index (χ3n) is 7.34. The average molecular weight is 411 g/mol. The summed E-state index contributed by atoms with van der Waals surface area (Å²) in [6, 6.07) is 6.67. The van der Waals surface area contributed by atoms with Crippen LogP contribution < -0.4 is 16.0 Å². The highest BCUT2D eigenvalue weighted by atomic mass is 16.2. The van der Waals surface area contributed by atoms with Gasteiger partial charge >= 0.3 is 0 Å². The van der Waals surface area contributed by atoms with Gasteiger partial charge in [0, 0.05) is 37.2 Å². The lowest BCUT2D eigenvalue weighted by Crippen LogP contribution is -2.52. The maximum atomic E-state index is 13.0. The minimum atomic E-state index is -0.553. The molecular formula is C23H30N4O3. The molecule has 3 N–H and O–H groups in total. The number of benzene rings is 1. The Kier molecular flexibility index (Phi) is 5.33. The van der Waals surface area contributed by atoms with Gasteiger partial charge < -0.3 is 15.5 Å². The lowest BCUT2D eigenvalue weighted by atomic mass is 9.77. The van der Waals surface area contributed by atoms with E-state index in [4.69, 9.17) is 0 Å². The molecule has 4 unspecified atom stereocenters. The fourth-order valence-corrected chi connectivity index (χ4v) is 5.64. The second-order valence-corrected chi connectivity index (χ2v) is 9.25. The molecule has 1 saturated carbocycles. The summed E-state index contributed by atoms with van der Waals surface area (Å²) >= 11 is 0. The SMILES string of the molecule is O=C1CCC(N2Cc3ccc(CNC4CCC5CCCNC5C4)cc3C2=O)C(=O)N1. The van der Waals surface area contributed by atoms with Crippen LogP contribution in [0.15, 0.2) is 18.2 Å². The van der Waals surface area contributed by atoms with Crippen molar-refractivity contribution < 1.29 is 14.4 Å². The van der Waals surface area contributed by atoms with Crippen molar-refractivity contribution in [1.29, 1.82) is 0 Å². The molecule has 4 aliphatic rings. The van der Waals surface area contributed by atoms with E-state index >= 15 is 0 Å². The molecule has 3 aliphatic heterocycles. The summed E-state index contributed by atoms with van der Waals surface area (Å²) in [5.41, 5.74) is 2.75. The lowest BCUT2D eigenvalue weighted by Gasteiger charge is -2.40. The minimum Gasteiger partial charge on any atom is -0.322 e. The molecule has 5 rings (SSSR count). The Morgan fingerprint density at radius 2 is 2.00 bits per heavy atom. The molecule has 0 radical (unpaired) electrons. The van der Waals surface area contributed by atoms with E-state index in [2.05, 4.69) is 22.0 Å². The summed E-state index contributed by atoms with van der Waals surface area (Å²) < 4.78 is 0. The molecule has 3 fully saturated rings. The molecule has 0 bridgehead atoms. The molecule has 1 aromatic rings. The van der Waals surface area contributed by atoms with Gasteiger partial charge in [-0.05, 0) is 68.2 Å². The van der Waals surface area contributed by atoms with E-state index in [0.29, 0.717) is 30.6 Å². The third-order valence-corrected chi connectivity index (χ3v) is 7.34. The highest BCUT2D eigenvalue weighted by Crippen LogP contribution is 2.31. The zero-order valence-electron chi connectivity index (χ0n) is 17.3. The zero-order valence-corrected chi connectivity index (χ0v) is 17.3. The van der Waals surface area contributed by atoms with Crippen LogP contribution in [0, 0.1) is 5.92 Å². The number of hydrogen-bond donors (Lipinski definition) is 3. The number of piperidine rings is 2. The first kappa shape index (κ1) is 19.7. The molecule has 3 amide bonds. The van der Waals surface area contributed by atoms with Gasteiger partial charge in [0.1, 0.15) is 6.04 Å². The number of nitrogens with one attached hydrogen (secondary N) is 3. The summed E-state index contributed by atoms with van der Waals surface area (Å²) in [5.74, 6) is 0.119. The van der Waals surface area contributed by atoms with Crippen LogP contribution in [0.1, 0.15) is 66.4 Å². The van der Waals surface area contributed by atoms with Gasteiger partial charge in [-0.2, -0.15) is 0 Å². The quantitative estimate of drug-likeness (QED) is 0.654. The third kappa shape index (κ3) is 3.76. The maximum Gasteiger partial charge on any atom is 0.255 e. The molecule has 2 saturated heterocycles. The number of fused-ring (bicyclic) bond motifs is 2. The van der Waals surface area contributed by atoms with Crippen LogP contribution in [0.5, 0.6) is 0 Å². The summed E-state index contributed by atoms with van der Waals surface area (Å²) in [7, 11) is 0. The van der Waals surface area contributed by atoms with E-state index in [1.165, 1.54) is 32.1 Å². The summed E-state index contributed by atoms with van der Waals surface area (Å²) in [6.07, 6.45) is 7.03. The van der Waals surface area contributed by atoms with Crippen LogP contribution in [-0.2, 0) is 22.7 Å². The molecule has 160 valence electrons. The van der Waals surface area contributed by atoms with Crippen molar-refractivity contribution >= 4 is 17.7 Å². The largest absolute Gasteiger partial charge is 0.322 e. The van der Waals surface area contributed by atoms with Crippen LogP contribution in [0.3, 0.4) is 0 Å². The van der Waals surface area contributed by atoms with Gasteiger partial charge in [0.2, 0.25) is 11.8 Å². The molecule has 30 heavy (non-hydrogen) atoms. The standard InChI is InChI=1S/C23H30N4O3/c28-21-8-7-20(22(29)26-21)27-13-16-4-3-14(10-18(16)23(27)30)12-25-17-6-5-15-2-1-9-24-19(15)11-17/h3-4,10,15,17,19-20,24-25H,1-2,5-9,11-13H2,(H,26,28,29). The Labute approximate surface area is 177 Å². The molecule has 1 aromatic carbocycles.